The molecule has 0 saturated carbocycles. The lowest BCUT2D eigenvalue weighted by Gasteiger charge is -2.13. The van der Waals surface area contributed by atoms with Crippen molar-refractivity contribution in [3.8, 4) is 0 Å². The summed E-state index contributed by atoms with van der Waals surface area (Å²) >= 11 is 5.63. The van der Waals surface area contributed by atoms with E-state index in [9.17, 15) is 4.39 Å². The molecule has 0 fully saturated rings. The van der Waals surface area contributed by atoms with E-state index in [4.69, 9.17) is 11.6 Å². The first kappa shape index (κ1) is 13.2. The van der Waals surface area contributed by atoms with E-state index >= 15 is 0 Å². The lowest BCUT2D eigenvalue weighted by atomic mass is 10.1. The Kier molecular flexibility index (Phi) is 5.50. The fourth-order valence-corrected chi connectivity index (χ4v) is 1.57. The molecule has 3 heteroatoms. The van der Waals surface area contributed by atoms with Crippen LogP contribution >= 0.6 is 11.6 Å². The Hall–Kier alpha value is -0.860. The highest BCUT2D eigenvalue weighted by atomic mass is 35.5. The average Bonchev–Trinajstić information content (AvgIpc) is 2.28. The van der Waals surface area contributed by atoms with Crippen LogP contribution in [0.1, 0.15) is 31.9 Å². The number of nitrogens with one attached hydrogen (secondary N) is 1. The van der Waals surface area contributed by atoms with Crippen LogP contribution in [0.15, 0.2) is 30.4 Å². The molecule has 0 amide bonds. The Bertz CT molecular complexity index is 363. The number of rotatable bonds is 5. The Morgan fingerprint density at radius 1 is 1.50 bits per heavy atom. The highest BCUT2D eigenvalue weighted by Gasteiger charge is 2.07. The topological polar surface area (TPSA) is 12.0 Å². The Labute approximate surface area is 101 Å². The van der Waals surface area contributed by atoms with Gasteiger partial charge >= 0.3 is 0 Å². The van der Waals surface area contributed by atoms with Crippen LogP contribution in [-0.2, 0) is 0 Å². The van der Waals surface area contributed by atoms with Crippen LogP contribution in [0.2, 0.25) is 5.02 Å². The van der Waals surface area contributed by atoms with Crippen molar-refractivity contribution in [3.63, 3.8) is 0 Å². The van der Waals surface area contributed by atoms with Crippen LogP contribution in [0.4, 0.5) is 4.39 Å². The fraction of sp³-hybridized carbons (Fsp3) is 0.385. The van der Waals surface area contributed by atoms with Crippen molar-refractivity contribution in [2.45, 2.75) is 26.3 Å². The van der Waals surface area contributed by atoms with E-state index in [0.717, 1.165) is 18.5 Å². The zero-order chi connectivity index (χ0) is 12.0. The average molecular weight is 242 g/mol. The van der Waals surface area contributed by atoms with Gasteiger partial charge in [0.05, 0.1) is 5.02 Å². The van der Waals surface area contributed by atoms with Gasteiger partial charge in [-0.05, 0) is 44.5 Å². The summed E-state index contributed by atoms with van der Waals surface area (Å²) in [6.45, 7) is 4.89. The van der Waals surface area contributed by atoms with E-state index in [2.05, 4.69) is 11.4 Å². The Balaban J connectivity index is 2.52. The van der Waals surface area contributed by atoms with Gasteiger partial charge in [-0.2, -0.15) is 0 Å². The second-order valence-electron chi connectivity index (χ2n) is 3.71. The second-order valence-corrected chi connectivity index (χ2v) is 4.11. The fourth-order valence-electron chi connectivity index (χ4n) is 1.45. The first-order chi connectivity index (χ1) is 7.65. The minimum atomic E-state index is -0.360. The molecule has 1 aromatic carbocycles. The van der Waals surface area contributed by atoms with Gasteiger partial charge in [0.1, 0.15) is 5.82 Å². The van der Waals surface area contributed by atoms with Gasteiger partial charge in [-0.25, -0.2) is 4.39 Å². The molecule has 0 heterocycles. The lowest BCUT2D eigenvalue weighted by molar-refractivity contribution is 0.570. The number of hydrogen-bond donors (Lipinski definition) is 1. The van der Waals surface area contributed by atoms with Crippen molar-refractivity contribution in [1.82, 2.24) is 5.32 Å². The number of halogens is 2. The van der Waals surface area contributed by atoms with Crippen molar-refractivity contribution < 1.29 is 4.39 Å². The maximum Gasteiger partial charge on any atom is 0.142 e. The molecule has 1 unspecified atom stereocenters. The van der Waals surface area contributed by atoms with E-state index in [1.165, 1.54) is 6.07 Å². The summed E-state index contributed by atoms with van der Waals surface area (Å²) in [5.74, 6) is -0.360. The van der Waals surface area contributed by atoms with Gasteiger partial charge < -0.3 is 5.32 Å². The molecule has 1 aromatic rings. The summed E-state index contributed by atoms with van der Waals surface area (Å²) in [5.41, 5.74) is 0.919. The summed E-state index contributed by atoms with van der Waals surface area (Å²) < 4.78 is 13.2. The molecule has 0 aliphatic heterocycles. The highest BCUT2D eigenvalue weighted by molar-refractivity contribution is 6.30. The summed E-state index contributed by atoms with van der Waals surface area (Å²) in [7, 11) is 0. The molecular formula is C13H17ClFN. The minimum absolute atomic E-state index is 0.136. The number of allylic oxidation sites excluding steroid dienone is 1. The van der Waals surface area contributed by atoms with Gasteiger partial charge in [0.15, 0.2) is 0 Å². The molecule has 1 atom stereocenters. The third kappa shape index (κ3) is 3.95. The first-order valence-corrected chi connectivity index (χ1v) is 5.82. The maximum atomic E-state index is 13.2. The monoisotopic (exact) mass is 241 g/mol. The zero-order valence-corrected chi connectivity index (χ0v) is 10.4. The summed E-state index contributed by atoms with van der Waals surface area (Å²) in [6.07, 6.45) is 5.10. The second kappa shape index (κ2) is 6.66. The molecule has 1 N–H and O–H groups in total. The smallest absolute Gasteiger partial charge is 0.142 e. The van der Waals surface area contributed by atoms with Crippen LogP contribution in [0, 0.1) is 5.82 Å². The van der Waals surface area contributed by atoms with Crippen molar-refractivity contribution in [2.24, 2.45) is 0 Å². The predicted octanol–water partition coefficient (Wildman–Crippen LogP) is 4.10. The van der Waals surface area contributed by atoms with Gasteiger partial charge in [-0.3, -0.25) is 0 Å². The Morgan fingerprint density at radius 3 is 2.88 bits per heavy atom. The molecule has 1 rings (SSSR count). The van der Waals surface area contributed by atoms with Gasteiger partial charge in [0, 0.05) is 6.04 Å². The van der Waals surface area contributed by atoms with E-state index in [-0.39, 0.29) is 16.9 Å². The molecule has 88 valence electrons. The lowest BCUT2D eigenvalue weighted by Crippen LogP contribution is -2.19. The molecule has 16 heavy (non-hydrogen) atoms. The largest absolute Gasteiger partial charge is 0.310 e. The summed E-state index contributed by atoms with van der Waals surface area (Å²) in [6, 6.07) is 5.06. The Morgan fingerprint density at radius 2 is 2.25 bits per heavy atom. The quantitative estimate of drug-likeness (QED) is 0.605. The van der Waals surface area contributed by atoms with E-state index in [1.807, 2.05) is 26.0 Å². The van der Waals surface area contributed by atoms with Gasteiger partial charge in [0.25, 0.3) is 0 Å². The third-order valence-electron chi connectivity index (χ3n) is 2.44. The van der Waals surface area contributed by atoms with Crippen molar-refractivity contribution >= 4 is 11.6 Å². The SMILES string of the molecule is C/C=C/CCNC(C)c1ccc(Cl)c(F)c1. The van der Waals surface area contributed by atoms with Crippen molar-refractivity contribution in [1.29, 1.82) is 0 Å². The molecular weight excluding hydrogens is 225 g/mol. The van der Waals surface area contributed by atoms with Gasteiger partial charge in [-0.1, -0.05) is 29.8 Å². The normalized spacial score (nSPS) is 13.2. The molecule has 0 aliphatic carbocycles. The molecule has 0 aliphatic rings. The maximum absolute atomic E-state index is 13.2. The molecule has 0 aromatic heterocycles. The van der Waals surface area contributed by atoms with Crippen LogP contribution in [0.5, 0.6) is 0 Å². The molecule has 0 radical (unpaired) electrons. The third-order valence-corrected chi connectivity index (χ3v) is 2.75. The summed E-state index contributed by atoms with van der Waals surface area (Å²) in [4.78, 5) is 0. The molecule has 1 nitrogen and oxygen atoms in total. The van der Waals surface area contributed by atoms with Crippen LogP contribution < -0.4 is 5.32 Å². The van der Waals surface area contributed by atoms with Crippen LogP contribution in [-0.4, -0.2) is 6.54 Å². The van der Waals surface area contributed by atoms with Crippen LogP contribution in [0.25, 0.3) is 0 Å². The standard InChI is InChI=1S/C13H17ClFN/c1-3-4-5-8-16-10(2)11-6-7-12(14)13(15)9-11/h3-4,6-7,9-10,16H,5,8H2,1-2H3/b4-3+. The highest BCUT2D eigenvalue weighted by Crippen LogP contribution is 2.19. The van der Waals surface area contributed by atoms with Gasteiger partial charge in [-0.15, -0.1) is 0 Å². The van der Waals surface area contributed by atoms with Crippen molar-refractivity contribution in [2.75, 3.05) is 6.54 Å². The van der Waals surface area contributed by atoms with Crippen molar-refractivity contribution in [3.05, 3.63) is 46.8 Å². The van der Waals surface area contributed by atoms with E-state index < -0.39 is 0 Å². The zero-order valence-electron chi connectivity index (χ0n) is 9.63. The van der Waals surface area contributed by atoms with Crippen LogP contribution in [0.3, 0.4) is 0 Å². The first-order valence-electron chi connectivity index (χ1n) is 5.44. The molecule has 0 spiro atoms. The number of benzene rings is 1. The predicted molar refractivity (Wildman–Crippen MR) is 67.3 cm³/mol. The molecule has 0 bridgehead atoms. The van der Waals surface area contributed by atoms with E-state index in [1.54, 1.807) is 6.07 Å². The molecule has 0 saturated heterocycles. The summed E-state index contributed by atoms with van der Waals surface area (Å²) in [5, 5.41) is 3.49. The number of hydrogen-bond acceptors (Lipinski definition) is 1. The van der Waals surface area contributed by atoms with E-state index in [0.29, 0.717) is 0 Å². The van der Waals surface area contributed by atoms with Gasteiger partial charge in [0.2, 0.25) is 0 Å². The minimum Gasteiger partial charge on any atom is -0.310 e.